The van der Waals surface area contributed by atoms with E-state index < -0.39 is 0 Å². The molecule has 4 N–H and O–H groups in total. The predicted octanol–water partition coefficient (Wildman–Crippen LogP) is 11.4. The summed E-state index contributed by atoms with van der Waals surface area (Å²) < 4.78 is 23.5. The van der Waals surface area contributed by atoms with E-state index >= 15 is 0 Å². The van der Waals surface area contributed by atoms with Crippen LogP contribution in [0.5, 0.6) is 23.0 Å². The highest BCUT2D eigenvalue weighted by Gasteiger charge is 2.27. The highest BCUT2D eigenvalue weighted by Crippen LogP contribution is 2.38. The second-order valence-corrected chi connectivity index (χ2v) is 18.4. The minimum Gasteiger partial charge on any atom is -0.497 e. The van der Waals surface area contributed by atoms with Crippen molar-refractivity contribution in [2.45, 2.75) is 39.0 Å². The van der Waals surface area contributed by atoms with E-state index in [9.17, 15) is 14.4 Å². The maximum absolute atomic E-state index is 13.4. The number of aromatic nitrogens is 2. The average Bonchev–Trinajstić information content (AvgIpc) is 3.54. The second-order valence-electron chi connectivity index (χ2n) is 18.4. The molecule has 1 saturated heterocycles. The Morgan fingerprint density at radius 3 is 2.34 bits per heavy atom. The number of carbonyl (C=O) groups is 3. The molecule has 9 rings (SSSR count). The molecule has 15 nitrogen and oxygen atoms in total. The Morgan fingerprint density at radius 1 is 0.797 bits per heavy atom. The van der Waals surface area contributed by atoms with Crippen LogP contribution < -0.4 is 50.0 Å². The SMILES string of the molecule is CCOc1cc(N2CCC(CCC(CCNC=O)COc3ccc(-c4ccc(NC(=O)c5ccc(OC)c(-c6cccc(OC)c6)c5)cc4)cc3)CC2)ccc1Nc1ncc2c(n1)Nc1ccccc1C(=O)N2C. The number of fused-ring (bicyclic) bond motifs is 2. The van der Waals surface area contributed by atoms with Gasteiger partial charge >= 0.3 is 0 Å². The van der Waals surface area contributed by atoms with E-state index in [1.807, 2.05) is 110 Å². The molecule has 1 fully saturated rings. The first-order valence-electron chi connectivity index (χ1n) is 25.1. The lowest BCUT2D eigenvalue weighted by Gasteiger charge is -2.34. The van der Waals surface area contributed by atoms with E-state index in [1.165, 1.54) is 0 Å². The summed E-state index contributed by atoms with van der Waals surface area (Å²) in [5, 5.41) is 12.5. The smallest absolute Gasteiger partial charge is 0.260 e. The van der Waals surface area contributed by atoms with E-state index in [-0.39, 0.29) is 17.7 Å². The topological polar surface area (TPSA) is 169 Å². The third kappa shape index (κ3) is 12.0. The van der Waals surface area contributed by atoms with E-state index in [0.717, 1.165) is 96.7 Å². The summed E-state index contributed by atoms with van der Waals surface area (Å²) in [6.45, 7) is 5.49. The molecule has 3 amide bonds. The average molecular weight is 995 g/mol. The van der Waals surface area contributed by atoms with Gasteiger partial charge in [-0.05, 0) is 146 Å². The van der Waals surface area contributed by atoms with Crippen molar-refractivity contribution in [3.8, 4) is 45.3 Å². The monoisotopic (exact) mass is 994 g/mol. The molecule has 15 heteroatoms. The summed E-state index contributed by atoms with van der Waals surface area (Å²) in [5.41, 5.74) is 8.60. The van der Waals surface area contributed by atoms with Gasteiger partial charge in [-0.2, -0.15) is 4.98 Å². The maximum Gasteiger partial charge on any atom is 0.260 e. The van der Waals surface area contributed by atoms with Crippen molar-refractivity contribution < 1.29 is 33.3 Å². The molecule has 6 aromatic carbocycles. The van der Waals surface area contributed by atoms with Crippen LogP contribution in [0.4, 0.5) is 40.2 Å². The van der Waals surface area contributed by atoms with Crippen molar-refractivity contribution in [2.75, 3.05) is 79.9 Å². The number of methoxy groups -OCH3 is 2. The molecule has 0 aliphatic carbocycles. The number of amides is 3. The number of anilines is 7. The fourth-order valence-corrected chi connectivity index (χ4v) is 9.56. The van der Waals surface area contributed by atoms with Gasteiger partial charge in [0.05, 0.1) is 50.6 Å². The highest BCUT2D eigenvalue weighted by molar-refractivity contribution is 6.12. The quantitative estimate of drug-likeness (QED) is 0.0398. The Hall–Kier alpha value is -8.59. The van der Waals surface area contributed by atoms with Gasteiger partial charge in [-0.3, -0.25) is 14.4 Å². The van der Waals surface area contributed by atoms with Gasteiger partial charge in [0.1, 0.15) is 28.7 Å². The van der Waals surface area contributed by atoms with Gasteiger partial charge in [0, 0.05) is 55.2 Å². The Labute approximate surface area is 432 Å². The Morgan fingerprint density at radius 2 is 1.58 bits per heavy atom. The lowest BCUT2D eigenvalue weighted by molar-refractivity contribution is -0.109. The first-order chi connectivity index (χ1) is 36.2. The molecular formula is C59H62N8O7. The number of ether oxygens (including phenoxy) is 4. The summed E-state index contributed by atoms with van der Waals surface area (Å²) in [7, 11) is 4.96. The highest BCUT2D eigenvalue weighted by atomic mass is 16.5. The summed E-state index contributed by atoms with van der Waals surface area (Å²) in [4.78, 5) is 51.0. The van der Waals surface area contributed by atoms with Crippen molar-refractivity contribution in [3.05, 3.63) is 151 Å². The largest absolute Gasteiger partial charge is 0.497 e. The van der Waals surface area contributed by atoms with Crippen LogP contribution in [0.15, 0.2) is 140 Å². The summed E-state index contributed by atoms with van der Waals surface area (Å²) in [5.74, 6) is 4.29. The number of benzene rings is 6. The lowest BCUT2D eigenvalue weighted by Crippen LogP contribution is -2.34. The third-order valence-electron chi connectivity index (χ3n) is 13.8. The summed E-state index contributed by atoms with van der Waals surface area (Å²) in [6.07, 6.45) is 7.47. The lowest BCUT2D eigenvalue weighted by atomic mass is 9.87. The van der Waals surface area contributed by atoms with Gasteiger partial charge in [0.15, 0.2) is 5.82 Å². The van der Waals surface area contributed by atoms with Crippen LogP contribution in [-0.4, -0.2) is 82.3 Å². The molecule has 2 aliphatic heterocycles. The van der Waals surface area contributed by atoms with E-state index in [1.54, 1.807) is 50.6 Å². The Bertz CT molecular complexity index is 3070. The number of hydrogen-bond donors (Lipinski definition) is 4. The van der Waals surface area contributed by atoms with Crippen LogP contribution in [0.25, 0.3) is 22.3 Å². The van der Waals surface area contributed by atoms with Gasteiger partial charge in [-0.25, -0.2) is 4.98 Å². The van der Waals surface area contributed by atoms with E-state index in [4.69, 9.17) is 23.9 Å². The number of carbonyl (C=O) groups excluding carboxylic acids is 3. The fourth-order valence-electron chi connectivity index (χ4n) is 9.56. The molecule has 2 aliphatic rings. The zero-order valence-electron chi connectivity index (χ0n) is 42.2. The van der Waals surface area contributed by atoms with Crippen LogP contribution in [0.2, 0.25) is 0 Å². The molecule has 380 valence electrons. The van der Waals surface area contributed by atoms with Gasteiger partial charge in [-0.1, -0.05) is 48.5 Å². The first-order valence-corrected chi connectivity index (χ1v) is 25.1. The third-order valence-corrected chi connectivity index (χ3v) is 13.8. The van der Waals surface area contributed by atoms with Crippen molar-refractivity contribution in [1.29, 1.82) is 0 Å². The first kappa shape index (κ1) is 50.4. The summed E-state index contributed by atoms with van der Waals surface area (Å²) >= 11 is 0. The minimum atomic E-state index is -0.226. The van der Waals surface area contributed by atoms with Crippen molar-refractivity contribution in [1.82, 2.24) is 15.3 Å². The minimum absolute atomic E-state index is 0.133. The molecule has 3 heterocycles. The number of nitrogens with zero attached hydrogens (tertiary/aromatic N) is 4. The standard InChI is InChI=1S/C59H62N8O7/c1-5-73-55-35-46(22-25-52(55)64-59-61-36-53-56(65-59)63-51-12-7-6-11-49(51)58(70)66(53)2)67-31-28-39(29-32-67)13-14-40(27-30-60-38-68)37-74-47-23-17-42(18-24-47)41-15-20-45(21-16-41)62-57(69)44-19-26-54(72-4)50(34-44)43-9-8-10-48(33-43)71-3/h6-12,15-26,33-36,38-40H,5,13-14,27-32,37H2,1-4H3,(H,60,68)(H,62,69)(H2,61,63,64,65). The van der Waals surface area contributed by atoms with Crippen molar-refractivity contribution in [2.24, 2.45) is 11.8 Å². The van der Waals surface area contributed by atoms with Crippen LogP contribution in [0.3, 0.4) is 0 Å². The molecule has 1 atom stereocenters. The molecule has 1 aromatic heterocycles. The normalized spacial score (nSPS) is 13.6. The number of nitrogens with one attached hydrogen (secondary N) is 4. The van der Waals surface area contributed by atoms with Crippen LogP contribution in [-0.2, 0) is 4.79 Å². The van der Waals surface area contributed by atoms with Gasteiger partial charge in [0.2, 0.25) is 12.4 Å². The number of piperidine rings is 1. The predicted molar refractivity (Wildman–Crippen MR) is 292 cm³/mol. The molecule has 74 heavy (non-hydrogen) atoms. The summed E-state index contributed by atoms with van der Waals surface area (Å²) in [6, 6.07) is 42.5. The molecule has 0 bridgehead atoms. The van der Waals surface area contributed by atoms with E-state index in [2.05, 4.69) is 43.3 Å². The number of para-hydroxylation sites is 1. The van der Waals surface area contributed by atoms with Crippen LogP contribution in [0.1, 0.15) is 59.7 Å². The zero-order valence-corrected chi connectivity index (χ0v) is 42.2. The van der Waals surface area contributed by atoms with E-state index in [0.29, 0.717) is 77.1 Å². The van der Waals surface area contributed by atoms with Gasteiger partial charge in [0.25, 0.3) is 11.8 Å². The molecule has 7 aromatic rings. The number of rotatable bonds is 21. The van der Waals surface area contributed by atoms with Gasteiger partial charge in [-0.15, -0.1) is 0 Å². The Balaban J connectivity index is 0.757. The van der Waals surface area contributed by atoms with Crippen LogP contribution in [0, 0.1) is 11.8 Å². The van der Waals surface area contributed by atoms with Crippen molar-refractivity contribution in [3.63, 3.8) is 0 Å². The van der Waals surface area contributed by atoms with Crippen molar-refractivity contribution >= 4 is 58.4 Å². The molecule has 0 radical (unpaired) electrons. The molecule has 0 saturated carbocycles. The maximum atomic E-state index is 13.4. The molecular weight excluding hydrogens is 933 g/mol. The number of hydrogen-bond acceptors (Lipinski definition) is 12. The Kier molecular flexibility index (Phi) is 16.2. The molecule has 0 spiro atoms. The second kappa shape index (κ2) is 23.8. The van der Waals surface area contributed by atoms with Crippen LogP contribution >= 0.6 is 0 Å². The zero-order chi connectivity index (χ0) is 51.4. The van der Waals surface area contributed by atoms with Gasteiger partial charge < -0.3 is 50.0 Å². The fraction of sp³-hybridized carbons (Fsp3) is 0.271. The molecule has 1 unspecified atom stereocenters.